The Balaban J connectivity index is 1.90. The number of para-hydroxylation sites is 1. The molecule has 7 heteroatoms. The largest absolute Gasteiger partial charge is 0.452 e. The van der Waals surface area contributed by atoms with Crippen LogP contribution in [0.15, 0.2) is 53.4 Å². The van der Waals surface area contributed by atoms with Crippen LogP contribution in [0.4, 0.5) is 10.1 Å². The molecule has 0 bridgehead atoms. The number of nitrogens with one attached hydrogen (secondary N) is 1. The highest BCUT2D eigenvalue weighted by molar-refractivity contribution is 8.00. The lowest BCUT2D eigenvalue weighted by atomic mass is 10.1. The number of halogens is 1. The molecule has 1 N–H and O–H groups in total. The molecule has 0 fully saturated rings. The van der Waals surface area contributed by atoms with E-state index in [1.807, 2.05) is 0 Å². The first-order valence-corrected chi connectivity index (χ1v) is 8.84. The third-order valence-electron chi connectivity index (χ3n) is 3.42. The van der Waals surface area contributed by atoms with Crippen molar-refractivity contribution in [1.29, 1.82) is 0 Å². The highest BCUT2D eigenvalue weighted by Crippen LogP contribution is 2.21. The Bertz CT molecular complexity index is 825. The number of ketones is 1. The molecule has 0 heterocycles. The highest BCUT2D eigenvalue weighted by atomic mass is 32.2. The van der Waals surface area contributed by atoms with E-state index in [1.165, 1.54) is 19.9 Å². The first kappa shape index (κ1) is 19.7. The molecule has 136 valence electrons. The molecule has 2 aromatic rings. The van der Waals surface area contributed by atoms with Crippen molar-refractivity contribution in [3.8, 4) is 0 Å². The molecule has 2 rings (SSSR count). The van der Waals surface area contributed by atoms with Gasteiger partial charge in [0, 0.05) is 10.5 Å². The Morgan fingerprint density at radius 1 is 1.12 bits per heavy atom. The minimum atomic E-state index is -1.05. The van der Waals surface area contributed by atoms with Crippen LogP contribution in [0.5, 0.6) is 0 Å². The number of Topliss-reactive ketones (excluding diaryl/α,β-unsaturated/α-hetero) is 1. The quantitative estimate of drug-likeness (QED) is 0.454. The van der Waals surface area contributed by atoms with E-state index in [0.717, 1.165) is 11.8 Å². The maximum Gasteiger partial charge on any atom is 0.317 e. The van der Waals surface area contributed by atoms with E-state index in [2.05, 4.69) is 5.32 Å². The van der Waals surface area contributed by atoms with Crippen molar-refractivity contribution in [1.82, 2.24) is 0 Å². The van der Waals surface area contributed by atoms with Crippen LogP contribution in [0.25, 0.3) is 0 Å². The topological polar surface area (TPSA) is 72.5 Å². The minimum Gasteiger partial charge on any atom is -0.452 e. The van der Waals surface area contributed by atoms with Crippen LogP contribution in [-0.4, -0.2) is 29.5 Å². The molecular weight excluding hydrogens is 357 g/mol. The fourth-order valence-corrected chi connectivity index (χ4v) is 2.84. The van der Waals surface area contributed by atoms with Gasteiger partial charge in [-0.2, -0.15) is 0 Å². The molecule has 26 heavy (non-hydrogen) atoms. The van der Waals surface area contributed by atoms with E-state index in [1.54, 1.807) is 42.5 Å². The first-order valence-electron chi connectivity index (χ1n) is 7.86. The van der Waals surface area contributed by atoms with Crippen molar-refractivity contribution in [2.24, 2.45) is 0 Å². The zero-order valence-electron chi connectivity index (χ0n) is 14.3. The number of carbonyl (C=O) groups is 3. The van der Waals surface area contributed by atoms with Crippen molar-refractivity contribution in [3.05, 3.63) is 59.9 Å². The average molecular weight is 375 g/mol. The van der Waals surface area contributed by atoms with Crippen LogP contribution in [-0.2, 0) is 14.3 Å². The number of ether oxygens (including phenoxy) is 1. The molecule has 1 amide bonds. The highest BCUT2D eigenvalue weighted by Gasteiger charge is 2.20. The number of carbonyl (C=O) groups excluding carboxylic acids is 3. The molecule has 0 unspecified atom stereocenters. The zero-order chi connectivity index (χ0) is 19.1. The standard InChI is InChI=1S/C19H18FNO4S/c1-12(22)14-7-3-5-9-16(14)21-19(24)13(2)25-18(23)11-26-17-10-6-4-8-15(17)20/h3-10,13H,11H2,1-2H3,(H,21,24)/t13-/m0/s1. The number of anilines is 1. The van der Waals surface area contributed by atoms with E-state index < -0.39 is 23.8 Å². The molecule has 0 aliphatic rings. The Kier molecular flexibility index (Phi) is 6.91. The normalized spacial score (nSPS) is 11.5. The Hall–Kier alpha value is -2.67. The van der Waals surface area contributed by atoms with Gasteiger partial charge >= 0.3 is 5.97 Å². The number of rotatable bonds is 7. The predicted molar refractivity (Wildman–Crippen MR) is 97.8 cm³/mol. The van der Waals surface area contributed by atoms with Gasteiger partial charge in [0.15, 0.2) is 11.9 Å². The number of esters is 1. The number of amides is 1. The Morgan fingerprint density at radius 2 is 1.77 bits per heavy atom. The fraction of sp³-hybridized carbons (Fsp3) is 0.211. The van der Waals surface area contributed by atoms with Gasteiger partial charge in [-0.25, -0.2) is 4.39 Å². The maximum atomic E-state index is 13.5. The van der Waals surface area contributed by atoms with Crippen molar-refractivity contribution in [2.45, 2.75) is 24.8 Å². The SMILES string of the molecule is CC(=O)c1ccccc1NC(=O)[C@H](C)OC(=O)CSc1ccccc1F. The molecule has 0 saturated carbocycles. The zero-order valence-corrected chi connectivity index (χ0v) is 15.1. The van der Waals surface area contributed by atoms with E-state index in [-0.39, 0.29) is 11.5 Å². The summed E-state index contributed by atoms with van der Waals surface area (Å²) in [6, 6.07) is 12.6. The molecular formula is C19H18FNO4S. The number of benzene rings is 2. The summed E-state index contributed by atoms with van der Waals surface area (Å²) < 4.78 is 18.6. The first-order chi connectivity index (χ1) is 12.4. The lowest BCUT2D eigenvalue weighted by molar-refractivity contribution is -0.150. The van der Waals surface area contributed by atoms with Crippen molar-refractivity contribution in [3.63, 3.8) is 0 Å². The molecule has 5 nitrogen and oxygen atoms in total. The molecule has 0 saturated heterocycles. The van der Waals surface area contributed by atoms with E-state index in [9.17, 15) is 18.8 Å². The maximum absolute atomic E-state index is 13.5. The van der Waals surface area contributed by atoms with Gasteiger partial charge in [0.1, 0.15) is 5.82 Å². The summed E-state index contributed by atoms with van der Waals surface area (Å²) in [5.74, 6) is -1.92. The summed E-state index contributed by atoms with van der Waals surface area (Å²) in [5.41, 5.74) is 0.725. The summed E-state index contributed by atoms with van der Waals surface area (Å²) in [7, 11) is 0. The van der Waals surface area contributed by atoms with Gasteiger partial charge in [-0.05, 0) is 38.1 Å². The van der Waals surface area contributed by atoms with Crippen molar-refractivity contribution in [2.75, 3.05) is 11.1 Å². The second-order valence-corrected chi connectivity index (χ2v) is 6.46. The molecule has 1 atom stereocenters. The fourth-order valence-electron chi connectivity index (χ4n) is 2.12. The Labute approximate surface area is 154 Å². The average Bonchev–Trinajstić information content (AvgIpc) is 2.61. The summed E-state index contributed by atoms with van der Waals surface area (Å²) in [6.07, 6.45) is -1.05. The summed E-state index contributed by atoms with van der Waals surface area (Å²) >= 11 is 0.993. The molecule has 0 aliphatic carbocycles. The Morgan fingerprint density at radius 3 is 2.46 bits per heavy atom. The van der Waals surface area contributed by atoms with E-state index in [4.69, 9.17) is 4.74 Å². The minimum absolute atomic E-state index is 0.122. The number of thioether (sulfide) groups is 1. The molecule has 0 radical (unpaired) electrons. The summed E-state index contributed by atoms with van der Waals surface area (Å²) in [6.45, 7) is 2.83. The molecule has 0 aliphatic heterocycles. The molecule has 0 spiro atoms. The van der Waals surface area contributed by atoms with Crippen molar-refractivity contribution < 1.29 is 23.5 Å². The van der Waals surface area contributed by atoms with Gasteiger partial charge in [-0.1, -0.05) is 24.3 Å². The monoisotopic (exact) mass is 375 g/mol. The van der Waals surface area contributed by atoms with Gasteiger partial charge in [0.2, 0.25) is 0 Å². The van der Waals surface area contributed by atoms with E-state index >= 15 is 0 Å². The van der Waals surface area contributed by atoms with Gasteiger partial charge in [-0.3, -0.25) is 14.4 Å². The smallest absolute Gasteiger partial charge is 0.317 e. The van der Waals surface area contributed by atoms with Gasteiger partial charge in [0.05, 0.1) is 11.4 Å². The van der Waals surface area contributed by atoms with Crippen LogP contribution in [0.1, 0.15) is 24.2 Å². The van der Waals surface area contributed by atoms with Gasteiger partial charge in [0.25, 0.3) is 5.91 Å². The second-order valence-electron chi connectivity index (χ2n) is 5.44. The van der Waals surface area contributed by atoms with Crippen LogP contribution >= 0.6 is 11.8 Å². The van der Waals surface area contributed by atoms with Gasteiger partial charge in [-0.15, -0.1) is 11.8 Å². The van der Waals surface area contributed by atoms with Gasteiger partial charge < -0.3 is 10.1 Å². The van der Waals surface area contributed by atoms with Crippen LogP contribution in [0, 0.1) is 5.82 Å². The third kappa shape index (κ3) is 5.42. The summed E-state index contributed by atoms with van der Waals surface area (Å²) in [4.78, 5) is 36.0. The van der Waals surface area contributed by atoms with Crippen LogP contribution in [0.3, 0.4) is 0 Å². The van der Waals surface area contributed by atoms with E-state index in [0.29, 0.717) is 16.1 Å². The molecule has 2 aromatic carbocycles. The molecule has 0 aromatic heterocycles. The lowest BCUT2D eigenvalue weighted by Crippen LogP contribution is -2.31. The summed E-state index contributed by atoms with van der Waals surface area (Å²) in [5, 5.41) is 2.58. The number of hydrogen-bond donors (Lipinski definition) is 1. The number of hydrogen-bond acceptors (Lipinski definition) is 5. The lowest BCUT2D eigenvalue weighted by Gasteiger charge is -2.15. The van der Waals surface area contributed by atoms with Crippen LogP contribution < -0.4 is 5.32 Å². The van der Waals surface area contributed by atoms with Crippen LogP contribution in [0.2, 0.25) is 0 Å². The third-order valence-corrected chi connectivity index (χ3v) is 4.45. The predicted octanol–water partition coefficient (Wildman–Crippen LogP) is 3.69. The van der Waals surface area contributed by atoms with Crippen molar-refractivity contribution >= 4 is 35.1 Å². The second kappa shape index (κ2) is 9.15.